The second-order valence-electron chi connectivity index (χ2n) is 9.00. The molecular weight excluding hydrogens is 366 g/mol. The first-order valence-electron chi connectivity index (χ1n) is 10.5. The van der Waals surface area contributed by atoms with Crippen molar-refractivity contribution in [1.82, 2.24) is 15.5 Å². The number of hydrogen-bond donors (Lipinski definition) is 2. The number of benzene rings is 1. The number of para-hydroxylation sites is 1. The third-order valence-electron chi connectivity index (χ3n) is 6.25. The number of hydrogen-bond acceptors (Lipinski definition) is 4. The van der Waals surface area contributed by atoms with Gasteiger partial charge >= 0.3 is 0 Å². The van der Waals surface area contributed by atoms with Crippen molar-refractivity contribution >= 4 is 5.91 Å². The first kappa shape index (κ1) is 20.0. The Morgan fingerprint density at radius 1 is 1.34 bits per heavy atom. The number of carbonyl (C=O) groups excluding carboxylic acids is 1. The number of H-pyrrole nitrogens is 1. The van der Waals surface area contributed by atoms with Crippen molar-refractivity contribution in [2.75, 3.05) is 20.3 Å². The third-order valence-corrected chi connectivity index (χ3v) is 6.25. The maximum absolute atomic E-state index is 12.6. The molecule has 6 nitrogen and oxygen atoms in total. The van der Waals surface area contributed by atoms with Gasteiger partial charge in [-0.25, -0.2) is 0 Å². The molecular formula is C23H31N3O3. The number of amides is 1. The highest BCUT2D eigenvalue weighted by atomic mass is 16.5. The van der Waals surface area contributed by atoms with Crippen LogP contribution in [-0.4, -0.2) is 42.0 Å². The van der Waals surface area contributed by atoms with Crippen molar-refractivity contribution in [2.24, 2.45) is 0 Å². The molecule has 6 heteroatoms. The molecule has 1 aromatic carbocycles. The lowest BCUT2D eigenvalue weighted by Gasteiger charge is -2.46. The summed E-state index contributed by atoms with van der Waals surface area (Å²) in [5, 5.41) is 10.3. The summed E-state index contributed by atoms with van der Waals surface area (Å²) in [7, 11) is 1.72. The average Bonchev–Trinajstić information content (AvgIpc) is 3.43. The maximum Gasteiger partial charge on any atom is 0.271 e. The first-order valence-corrected chi connectivity index (χ1v) is 10.5. The fourth-order valence-electron chi connectivity index (χ4n) is 4.70. The fourth-order valence-corrected chi connectivity index (χ4v) is 4.70. The van der Waals surface area contributed by atoms with Gasteiger partial charge in [0.25, 0.3) is 5.91 Å². The monoisotopic (exact) mass is 397 g/mol. The summed E-state index contributed by atoms with van der Waals surface area (Å²) < 4.78 is 11.7. The SMILES string of the molecule is COc1ccccc1C1(CCNC(=O)c2cc(C3CC3)[nH]n2)CCOC(C)(C)C1. The van der Waals surface area contributed by atoms with Crippen LogP contribution in [0.2, 0.25) is 0 Å². The summed E-state index contributed by atoms with van der Waals surface area (Å²) in [5.41, 5.74) is 2.43. The number of ether oxygens (including phenoxy) is 2. The zero-order chi connectivity index (χ0) is 20.5. The van der Waals surface area contributed by atoms with Crippen LogP contribution >= 0.6 is 0 Å². The van der Waals surface area contributed by atoms with Crippen molar-refractivity contribution in [2.45, 2.75) is 62.9 Å². The van der Waals surface area contributed by atoms with Gasteiger partial charge in [-0.3, -0.25) is 9.89 Å². The van der Waals surface area contributed by atoms with Crippen LogP contribution in [0.25, 0.3) is 0 Å². The number of rotatable bonds is 7. The molecule has 4 rings (SSSR count). The van der Waals surface area contributed by atoms with Gasteiger partial charge in [-0.1, -0.05) is 18.2 Å². The molecule has 0 radical (unpaired) electrons. The molecule has 1 saturated carbocycles. The predicted molar refractivity (Wildman–Crippen MR) is 111 cm³/mol. The van der Waals surface area contributed by atoms with Crippen LogP contribution < -0.4 is 10.1 Å². The summed E-state index contributed by atoms with van der Waals surface area (Å²) in [6, 6.07) is 10.1. The average molecular weight is 398 g/mol. The number of methoxy groups -OCH3 is 1. The molecule has 0 spiro atoms. The molecule has 2 heterocycles. The molecule has 156 valence electrons. The number of carbonyl (C=O) groups is 1. The second-order valence-corrected chi connectivity index (χ2v) is 9.00. The van der Waals surface area contributed by atoms with Crippen LogP contribution in [0.15, 0.2) is 30.3 Å². The smallest absolute Gasteiger partial charge is 0.271 e. The highest BCUT2D eigenvalue weighted by Crippen LogP contribution is 2.46. The van der Waals surface area contributed by atoms with E-state index >= 15 is 0 Å². The normalized spacial score (nSPS) is 23.6. The summed E-state index contributed by atoms with van der Waals surface area (Å²) in [6.07, 6.45) is 4.97. The maximum atomic E-state index is 12.6. The van der Waals surface area contributed by atoms with E-state index in [4.69, 9.17) is 9.47 Å². The minimum absolute atomic E-state index is 0.105. The highest BCUT2D eigenvalue weighted by molar-refractivity contribution is 5.92. The van der Waals surface area contributed by atoms with Crippen LogP contribution in [0.1, 0.15) is 73.6 Å². The van der Waals surface area contributed by atoms with Crippen molar-refractivity contribution < 1.29 is 14.3 Å². The highest BCUT2D eigenvalue weighted by Gasteiger charge is 2.43. The largest absolute Gasteiger partial charge is 0.496 e. The standard InChI is InChI=1S/C23H31N3O3/c1-22(2)15-23(11-13-29-22,17-6-4-5-7-20(17)28-3)10-12-24-21(27)19-14-18(25-26-19)16-8-9-16/h4-7,14,16H,8-13,15H2,1-3H3,(H,24,27)(H,25,26). The molecule has 1 aliphatic heterocycles. The lowest BCUT2D eigenvalue weighted by atomic mass is 9.67. The summed E-state index contributed by atoms with van der Waals surface area (Å²) in [5.74, 6) is 1.34. The van der Waals surface area contributed by atoms with Crippen LogP contribution in [0, 0.1) is 0 Å². The topological polar surface area (TPSA) is 76.2 Å². The van der Waals surface area contributed by atoms with Gasteiger partial charge in [0, 0.05) is 35.7 Å². The van der Waals surface area contributed by atoms with E-state index in [9.17, 15) is 4.79 Å². The van der Waals surface area contributed by atoms with Crippen LogP contribution in [0.3, 0.4) is 0 Å². The molecule has 1 unspecified atom stereocenters. The Bertz CT molecular complexity index is 872. The molecule has 1 atom stereocenters. The van der Waals surface area contributed by atoms with E-state index in [1.165, 1.54) is 18.4 Å². The Labute approximate surface area is 172 Å². The molecule has 1 aliphatic carbocycles. The molecule has 29 heavy (non-hydrogen) atoms. The van der Waals surface area contributed by atoms with Gasteiger partial charge in [0.1, 0.15) is 11.4 Å². The molecule has 2 aromatic rings. The van der Waals surface area contributed by atoms with E-state index in [-0.39, 0.29) is 16.9 Å². The van der Waals surface area contributed by atoms with E-state index < -0.39 is 0 Å². The van der Waals surface area contributed by atoms with Gasteiger partial charge in [-0.15, -0.1) is 0 Å². The number of aromatic amines is 1. The van der Waals surface area contributed by atoms with E-state index in [1.807, 2.05) is 18.2 Å². The van der Waals surface area contributed by atoms with Crippen molar-refractivity contribution in [1.29, 1.82) is 0 Å². The minimum Gasteiger partial charge on any atom is -0.496 e. The quantitative estimate of drug-likeness (QED) is 0.742. The third kappa shape index (κ3) is 4.32. The van der Waals surface area contributed by atoms with Crippen molar-refractivity contribution in [3.05, 3.63) is 47.3 Å². The summed E-state index contributed by atoms with van der Waals surface area (Å²) in [6.45, 7) is 5.55. The van der Waals surface area contributed by atoms with Crippen LogP contribution in [-0.2, 0) is 10.2 Å². The number of aromatic nitrogens is 2. The Morgan fingerprint density at radius 3 is 2.86 bits per heavy atom. The van der Waals surface area contributed by atoms with E-state index in [0.29, 0.717) is 24.8 Å². The molecule has 2 N–H and O–H groups in total. The molecule has 2 fully saturated rings. The number of nitrogens with zero attached hydrogens (tertiary/aromatic N) is 1. The van der Waals surface area contributed by atoms with E-state index in [0.717, 1.165) is 30.7 Å². The predicted octanol–water partition coefficient (Wildman–Crippen LogP) is 3.94. The first-order chi connectivity index (χ1) is 13.9. The van der Waals surface area contributed by atoms with Gasteiger partial charge in [0.05, 0.1) is 12.7 Å². The summed E-state index contributed by atoms with van der Waals surface area (Å²) in [4.78, 5) is 12.6. The van der Waals surface area contributed by atoms with Gasteiger partial charge in [-0.05, 0) is 58.1 Å². The number of nitrogens with one attached hydrogen (secondary N) is 2. The summed E-state index contributed by atoms with van der Waals surface area (Å²) >= 11 is 0. The fraction of sp³-hybridized carbons (Fsp3) is 0.565. The zero-order valence-electron chi connectivity index (χ0n) is 17.6. The van der Waals surface area contributed by atoms with Crippen molar-refractivity contribution in [3.63, 3.8) is 0 Å². The van der Waals surface area contributed by atoms with Gasteiger partial charge in [-0.2, -0.15) is 5.10 Å². The minimum atomic E-state index is -0.218. The molecule has 2 aliphatic rings. The lowest BCUT2D eigenvalue weighted by molar-refractivity contribution is -0.0841. The zero-order valence-corrected chi connectivity index (χ0v) is 17.6. The van der Waals surface area contributed by atoms with Gasteiger partial charge in [0.2, 0.25) is 0 Å². The van der Waals surface area contributed by atoms with E-state index in [1.54, 1.807) is 7.11 Å². The van der Waals surface area contributed by atoms with E-state index in [2.05, 4.69) is 41.5 Å². The Morgan fingerprint density at radius 2 is 2.14 bits per heavy atom. The van der Waals surface area contributed by atoms with Crippen LogP contribution in [0.4, 0.5) is 0 Å². The Kier molecular flexibility index (Phi) is 5.38. The second kappa shape index (κ2) is 7.82. The van der Waals surface area contributed by atoms with Crippen LogP contribution in [0.5, 0.6) is 5.75 Å². The molecule has 1 amide bonds. The van der Waals surface area contributed by atoms with Crippen molar-refractivity contribution in [3.8, 4) is 5.75 Å². The van der Waals surface area contributed by atoms with Gasteiger partial charge in [0.15, 0.2) is 0 Å². The van der Waals surface area contributed by atoms with Gasteiger partial charge < -0.3 is 14.8 Å². The Balaban J connectivity index is 1.49. The molecule has 0 bridgehead atoms. The molecule has 1 saturated heterocycles. The molecule has 1 aromatic heterocycles. The Hall–Kier alpha value is -2.34. The lowest BCUT2D eigenvalue weighted by Crippen LogP contribution is -2.45.